The van der Waals surface area contributed by atoms with E-state index in [1.165, 1.54) is 25.7 Å². The number of halogens is 1. The van der Waals surface area contributed by atoms with Gasteiger partial charge < -0.3 is 10.6 Å². The first-order chi connectivity index (χ1) is 7.56. The van der Waals surface area contributed by atoms with E-state index in [0.717, 1.165) is 13.0 Å². The topological polar surface area (TPSA) is 46.3 Å². The SMILES string of the molecule is CCC(C)C(N)C(=O)N(C)CC1CCCC1.Cl. The van der Waals surface area contributed by atoms with E-state index < -0.39 is 0 Å². The minimum absolute atomic E-state index is 0. The van der Waals surface area contributed by atoms with Gasteiger partial charge in [-0.25, -0.2) is 0 Å². The highest BCUT2D eigenvalue weighted by Crippen LogP contribution is 2.25. The van der Waals surface area contributed by atoms with Crippen molar-refractivity contribution in [1.29, 1.82) is 0 Å². The second kappa shape index (κ2) is 7.93. The Morgan fingerprint density at radius 2 is 1.94 bits per heavy atom. The first kappa shape index (κ1) is 16.7. The third-order valence-electron chi connectivity index (χ3n) is 3.93. The van der Waals surface area contributed by atoms with E-state index in [4.69, 9.17) is 5.73 Å². The van der Waals surface area contributed by atoms with Crippen LogP contribution in [0.15, 0.2) is 0 Å². The molecule has 2 atom stereocenters. The van der Waals surface area contributed by atoms with Crippen LogP contribution in [-0.2, 0) is 4.79 Å². The predicted octanol–water partition coefficient (Wildman–Crippen LogP) is 2.43. The average molecular weight is 263 g/mol. The molecule has 3 nitrogen and oxygen atoms in total. The molecule has 0 spiro atoms. The Balaban J connectivity index is 0.00000256. The van der Waals surface area contributed by atoms with Crippen LogP contribution in [-0.4, -0.2) is 30.4 Å². The highest BCUT2D eigenvalue weighted by atomic mass is 35.5. The molecular weight excluding hydrogens is 236 g/mol. The Bertz CT molecular complexity index is 229. The normalized spacial score (nSPS) is 19.5. The van der Waals surface area contributed by atoms with Crippen molar-refractivity contribution in [2.75, 3.05) is 13.6 Å². The summed E-state index contributed by atoms with van der Waals surface area (Å²) in [6.07, 6.45) is 6.16. The summed E-state index contributed by atoms with van der Waals surface area (Å²) in [7, 11) is 1.89. The van der Waals surface area contributed by atoms with Crippen LogP contribution < -0.4 is 5.73 Å². The fraction of sp³-hybridized carbons (Fsp3) is 0.923. The van der Waals surface area contributed by atoms with Crippen LogP contribution in [0.25, 0.3) is 0 Å². The summed E-state index contributed by atoms with van der Waals surface area (Å²) in [4.78, 5) is 13.9. The minimum Gasteiger partial charge on any atom is -0.344 e. The van der Waals surface area contributed by atoms with Crippen LogP contribution >= 0.6 is 12.4 Å². The van der Waals surface area contributed by atoms with Gasteiger partial charge in [-0.15, -0.1) is 12.4 Å². The molecule has 2 unspecified atom stereocenters. The third-order valence-corrected chi connectivity index (χ3v) is 3.93. The van der Waals surface area contributed by atoms with Crippen LogP contribution in [0.3, 0.4) is 0 Å². The summed E-state index contributed by atoms with van der Waals surface area (Å²) in [5.41, 5.74) is 5.96. The number of nitrogens with zero attached hydrogens (tertiary/aromatic N) is 1. The lowest BCUT2D eigenvalue weighted by molar-refractivity contribution is -0.133. The number of hydrogen-bond donors (Lipinski definition) is 1. The highest BCUT2D eigenvalue weighted by molar-refractivity contribution is 5.85. The maximum absolute atomic E-state index is 12.0. The third kappa shape index (κ3) is 4.84. The maximum Gasteiger partial charge on any atom is 0.239 e. The van der Waals surface area contributed by atoms with Gasteiger partial charge in [0, 0.05) is 13.6 Å². The molecule has 17 heavy (non-hydrogen) atoms. The van der Waals surface area contributed by atoms with Crippen LogP contribution in [0.4, 0.5) is 0 Å². The summed E-state index contributed by atoms with van der Waals surface area (Å²) >= 11 is 0. The van der Waals surface area contributed by atoms with Gasteiger partial charge in [0.2, 0.25) is 5.91 Å². The number of likely N-dealkylation sites (N-methyl/N-ethyl adjacent to an activating group) is 1. The van der Waals surface area contributed by atoms with E-state index in [9.17, 15) is 4.79 Å². The molecule has 0 bridgehead atoms. The summed E-state index contributed by atoms with van der Waals surface area (Å²) < 4.78 is 0. The zero-order chi connectivity index (χ0) is 12.1. The Kier molecular flexibility index (Phi) is 7.80. The lowest BCUT2D eigenvalue weighted by Crippen LogP contribution is -2.46. The quantitative estimate of drug-likeness (QED) is 0.827. The van der Waals surface area contributed by atoms with Crippen LogP contribution in [0.2, 0.25) is 0 Å². The van der Waals surface area contributed by atoms with Crippen molar-refractivity contribution in [3.05, 3.63) is 0 Å². The minimum atomic E-state index is -0.323. The molecular formula is C13H27ClN2O. The summed E-state index contributed by atoms with van der Waals surface area (Å²) in [5, 5.41) is 0. The summed E-state index contributed by atoms with van der Waals surface area (Å²) in [5.74, 6) is 1.10. The van der Waals surface area contributed by atoms with Gasteiger partial charge in [-0.3, -0.25) is 4.79 Å². The standard InChI is InChI=1S/C13H26N2O.ClH/c1-4-10(2)12(14)13(16)15(3)9-11-7-5-6-8-11;/h10-12H,4-9,14H2,1-3H3;1H. The van der Waals surface area contributed by atoms with Gasteiger partial charge in [0.1, 0.15) is 0 Å². The van der Waals surface area contributed by atoms with Crippen LogP contribution in [0, 0.1) is 11.8 Å². The van der Waals surface area contributed by atoms with E-state index in [2.05, 4.69) is 6.92 Å². The number of rotatable bonds is 5. The molecule has 0 aromatic heterocycles. The Morgan fingerprint density at radius 1 is 1.41 bits per heavy atom. The summed E-state index contributed by atoms with van der Waals surface area (Å²) in [6, 6.07) is -0.323. The van der Waals surface area contributed by atoms with Crippen LogP contribution in [0.1, 0.15) is 46.0 Å². The van der Waals surface area contributed by atoms with Crippen molar-refractivity contribution in [3.63, 3.8) is 0 Å². The molecule has 0 aromatic carbocycles. The molecule has 0 aliphatic heterocycles. The van der Waals surface area contributed by atoms with Crippen molar-refractivity contribution in [3.8, 4) is 0 Å². The molecule has 0 aromatic rings. The van der Waals surface area contributed by atoms with E-state index >= 15 is 0 Å². The fourth-order valence-electron chi connectivity index (χ4n) is 2.42. The lowest BCUT2D eigenvalue weighted by Gasteiger charge is -2.26. The molecule has 1 fully saturated rings. The van der Waals surface area contributed by atoms with Crippen molar-refractivity contribution < 1.29 is 4.79 Å². The van der Waals surface area contributed by atoms with Crippen molar-refractivity contribution >= 4 is 18.3 Å². The van der Waals surface area contributed by atoms with Gasteiger partial charge in [0.05, 0.1) is 6.04 Å². The molecule has 1 aliphatic carbocycles. The summed E-state index contributed by atoms with van der Waals surface area (Å²) in [6.45, 7) is 5.02. The largest absolute Gasteiger partial charge is 0.344 e. The number of carbonyl (C=O) groups excluding carboxylic acids is 1. The molecule has 102 valence electrons. The van der Waals surface area contributed by atoms with Crippen molar-refractivity contribution in [2.45, 2.75) is 52.0 Å². The lowest BCUT2D eigenvalue weighted by atomic mass is 9.98. The van der Waals surface area contributed by atoms with E-state index in [1.54, 1.807) is 0 Å². The van der Waals surface area contributed by atoms with E-state index in [-0.39, 0.29) is 30.3 Å². The molecule has 0 heterocycles. The second-order valence-corrected chi connectivity index (χ2v) is 5.28. The Hall–Kier alpha value is -0.280. The first-order valence-corrected chi connectivity index (χ1v) is 6.56. The van der Waals surface area contributed by atoms with Crippen LogP contribution in [0.5, 0.6) is 0 Å². The maximum atomic E-state index is 12.0. The predicted molar refractivity (Wildman–Crippen MR) is 74.3 cm³/mol. The van der Waals surface area contributed by atoms with Gasteiger partial charge in [0.15, 0.2) is 0 Å². The molecule has 1 rings (SSSR count). The monoisotopic (exact) mass is 262 g/mol. The number of hydrogen-bond acceptors (Lipinski definition) is 2. The van der Waals surface area contributed by atoms with E-state index in [1.807, 2.05) is 18.9 Å². The number of nitrogens with two attached hydrogens (primary N) is 1. The molecule has 4 heteroatoms. The number of amides is 1. The Labute approximate surface area is 112 Å². The van der Waals surface area contributed by atoms with Crippen molar-refractivity contribution in [2.24, 2.45) is 17.6 Å². The fourth-order valence-corrected chi connectivity index (χ4v) is 2.42. The van der Waals surface area contributed by atoms with Gasteiger partial charge in [-0.2, -0.15) is 0 Å². The highest BCUT2D eigenvalue weighted by Gasteiger charge is 2.25. The molecule has 1 saturated carbocycles. The smallest absolute Gasteiger partial charge is 0.239 e. The zero-order valence-electron chi connectivity index (χ0n) is 11.3. The van der Waals surface area contributed by atoms with Gasteiger partial charge in [0.25, 0.3) is 0 Å². The van der Waals surface area contributed by atoms with Gasteiger partial charge in [-0.1, -0.05) is 33.1 Å². The molecule has 0 radical (unpaired) electrons. The van der Waals surface area contributed by atoms with E-state index in [0.29, 0.717) is 5.92 Å². The molecule has 1 aliphatic rings. The second-order valence-electron chi connectivity index (χ2n) is 5.28. The van der Waals surface area contributed by atoms with Crippen molar-refractivity contribution in [1.82, 2.24) is 4.90 Å². The zero-order valence-corrected chi connectivity index (χ0v) is 12.1. The number of carbonyl (C=O) groups is 1. The molecule has 0 saturated heterocycles. The molecule has 1 amide bonds. The first-order valence-electron chi connectivity index (χ1n) is 6.56. The molecule has 2 N–H and O–H groups in total. The Morgan fingerprint density at radius 3 is 2.41 bits per heavy atom. The average Bonchev–Trinajstić information content (AvgIpc) is 2.78. The van der Waals surface area contributed by atoms with Gasteiger partial charge in [-0.05, 0) is 24.7 Å². The van der Waals surface area contributed by atoms with Gasteiger partial charge >= 0.3 is 0 Å².